The summed E-state index contributed by atoms with van der Waals surface area (Å²) in [5, 5.41) is 7.83. The molecule has 0 aromatic carbocycles. The number of allylic oxidation sites excluding steroid dienone is 1. The first-order valence-electron chi connectivity index (χ1n) is 1.63. The van der Waals surface area contributed by atoms with Crippen LogP contribution in [0.4, 0.5) is 0 Å². The monoisotopic (exact) mass is 112 g/mol. The molecule has 0 fully saturated rings. The van der Waals surface area contributed by atoms with Crippen molar-refractivity contribution in [2.75, 3.05) is 0 Å². The van der Waals surface area contributed by atoms with Gasteiger partial charge >= 0.3 is 29.0 Å². The molecule has 0 rings (SSSR count). The molecule has 0 amide bonds. The second kappa shape index (κ2) is 5.98. The molecular weight excluding hydrogens is 104 g/mol. The van der Waals surface area contributed by atoms with Crippen LogP contribution in [0.1, 0.15) is 9.78 Å². The van der Waals surface area contributed by atoms with Gasteiger partial charge in [-0.2, -0.15) is 0 Å². The Balaban J connectivity index is -0.0000000417. The van der Waals surface area contributed by atoms with Crippen LogP contribution in [0.15, 0.2) is 12.2 Å². The summed E-state index contributed by atoms with van der Waals surface area (Å²) < 4.78 is 0. The molecule has 0 saturated carbocycles. The molecule has 2 nitrogen and oxygen atoms in total. The van der Waals surface area contributed by atoms with Gasteiger partial charge in [-0.15, -0.1) is 0 Å². The number of aliphatic carboxylic acids is 1. The van der Waals surface area contributed by atoms with Crippen molar-refractivity contribution in [2.24, 2.45) is 0 Å². The molecule has 7 heavy (non-hydrogen) atoms. The first kappa shape index (κ1) is 10.1. The molecule has 0 aliphatic heterocycles. The summed E-state index contributed by atoms with van der Waals surface area (Å²) in [6, 6.07) is 0. The van der Waals surface area contributed by atoms with Crippen LogP contribution in [-0.4, -0.2) is 34.1 Å². The molecule has 3 heteroatoms. The van der Waals surface area contributed by atoms with E-state index in [1.165, 1.54) is 6.08 Å². The minimum atomic E-state index is -0.891. The SMILES string of the molecule is C/C=C/C(=O)O.[H-].[H-].[Mg+2]. The maximum absolute atomic E-state index is 9.51. The summed E-state index contributed by atoms with van der Waals surface area (Å²) in [7, 11) is 0. The minimum Gasteiger partial charge on any atom is -1.00 e. The molecule has 38 valence electrons. The molecule has 0 spiro atoms. The van der Waals surface area contributed by atoms with Crippen molar-refractivity contribution in [3.05, 3.63) is 12.2 Å². The van der Waals surface area contributed by atoms with E-state index < -0.39 is 5.97 Å². The third kappa shape index (κ3) is 10.7. The molecule has 0 bridgehead atoms. The topological polar surface area (TPSA) is 37.3 Å². The van der Waals surface area contributed by atoms with Gasteiger partial charge in [0.2, 0.25) is 0 Å². The largest absolute Gasteiger partial charge is 2.00 e. The fourth-order valence-electron chi connectivity index (χ4n) is 0.143. The standard InChI is InChI=1S/C4H6O2.Mg.2H/c1-2-3-4(5)6;;;/h2-3H,1H3,(H,5,6);;;/q;+2;2*-1/b3-2+;;;. The van der Waals surface area contributed by atoms with Crippen molar-refractivity contribution in [3.63, 3.8) is 0 Å². The van der Waals surface area contributed by atoms with Crippen LogP contribution in [-0.2, 0) is 4.79 Å². The molecule has 0 aliphatic rings. The molecule has 0 radical (unpaired) electrons. The van der Waals surface area contributed by atoms with E-state index in [4.69, 9.17) is 5.11 Å². The average molecular weight is 112 g/mol. The van der Waals surface area contributed by atoms with Crippen LogP contribution in [0, 0.1) is 0 Å². The Labute approximate surface area is 61.3 Å². The quantitative estimate of drug-likeness (QED) is 0.396. The number of hydrogen-bond acceptors (Lipinski definition) is 1. The Morgan fingerprint density at radius 3 is 2.29 bits per heavy atom. The molecule has 0 aromatic heterocycles. The third-order valence-corrected chi connectivity index (χ3v) is 0.309. The summed E-state index contributed by atoms with van der Waals surface area (Å²) in [4.78, 5) is 9.51. The summed E-state index contributed by atoms with van der Waals surface area (Å²) >= 11 is 0. The van der Waals surface area contributed by atoms with Crippen LogP contribution >= 0.6 is 0 Å². The molecule has 0 saturated heterocycles. The van der Waals surface area contributed by atoms with E-state index in [1.54, 1.807) is 6.92 Å². The zero-order valence-corrected chi connectivity index (χ0v) is 5.63. The second-order valence-electron chi connectivity index (χ2n) is 0.838. The van der Waals surface area contributed by atoms with Crippen molar-refractivity contribution < 1.29 is 12.8 Å². The molecule has 0 aliphatic carbocycles. The number of rotatable bonds is 1. The van der Waals surface area contributed by atoms with E-state index in [0.29, 0.717) is 0 Å². The van der Waals surface area contributed by atoms with Gasteiger partial charge in [0.15, 0.2) is 0 Å². The van der Waals surface area contributed by atoms with E-state index in [2.05, 4.69) is 0 Å². The maximum atomic E-state index is 9.51. The van der Waals surface area contributed by atoms with E-state index in [-0.39, 0.29) is 25.9 Å². The first-order valence-corrected chi connectivity index (χ1v) is 1.63. The number of carboxylic acid groups (broad SMARTS) is 1. The zero-order chi connectivity index (χ0) is 4.99. The van der Waals surface area contributed by atoms with Gasteiger partial charge in [0.05, 0.1) is 0 Å². The predicted octanol–water partition coefficient (Wildman–Crippen LogP) is 0.491. The summed E-state index contributed by atoms with van der Waals surface area (Å²) in [6.45, 7) is 1.66. The van der Waals surface area contributed by atoms with Gasteiger partial charge in [-0.3, -0.25) is 0 Å². The van der Waals surface area contributed by atoms with Gasteiger partial charge in [0.1, 0.15) is 0 Å². The Hall–Kier alpha value is -0.0238. The summed E-state index contributed by atoms with van der Waals surface area (Å²) in [5.41, 5.74) is 0. The zero-order valence-electron chi connectivity index (χ0n) is 6.22. The molecule has 0 heterocycles. The van der Waals surface area contributed by atoms with Crippen molar-refractivity contribution in [1.82, 2.24) is 0 Å². The normalized spacial score (nSPS) is 8.14. The Morgan fingerprint density at radius 2 is 2.29 bits per heavy atom. The van der Waals surface area contributed by atoms with E-state index >= 15 is 0 Å². The maximum Gasteiger partial charge on any atom is 2.00 e. The number of hydrogen-bond donors (Lipinski definition) is 1. The fraction of sp³-hybridized carbons (Fsp3) is 0.250. The molecule has 1 N–H and O–H groups in total. The smallest absolute Gasteiger partial charge is 1.00 e. The van der Waals surface area contributed by atoms with Crippen molar-refractivity contribution in [2.45, 2.75) is 6.92 Å². The van der Waals surface area contributed by atoms with E-state index in [1.807, 2.05) is 0 Å². The molecule has 0 aromatic rings. The van der Waals surface area contributed by atoms with Crippen LogP contribution < -0.4 is 0 Å². The molecule has 0 atom stereocenters. The van der Waals surface area contributed by atoms with Gasteiger partial charge < -0.3 is 7.96 Å². The van der Waals surface area contributed by atoms with Gasteiger partial charge in [-0.05, 0) is 6.92 Å². The molecular formula is C4H8MgO2. The van der Waals surface area contributed by atoms with E-state index in [0.717, 1.165) is 6.08 Å². The van der Waals surface area contributed by atoms with Gasteiger partial charge in [-0.25, -0.2) is 4.79 Å². The predicted molar refractivity (Wildman–Crippen MR) is 30.4 cm³/mol. The van der Waals surface area contributed by atoms with Crippen molar-refractivity contribution >= 4 is 29.0 Å². The van der Waals surface area contributed by atoms with Crippen LogP contribution in [0.2, 0.25) is 0 Å². The van der Waals surface area contributed by atoms with E-state index in [9.17, 15) is 4.79 Å². The summed E-state index contributed by atoms with van der Waals surface area (Å²) in [5.74, 6) is -0.891. The van der Waals surface area contributed by atoms with Crippen LogP contribution in [0.3, 0.4) is 0 Å². The number of carbonyl (C=O) groups is 1. The second-order valence-corrected chi connectivity index (χ2v) is 0.838. The summed E-state index contributed by atoms with van der Waals surface area (Å²) in [6.07, 6.45) is 2.56. The minimum absolute atomic E-state index is 0. The van der Waals surface area contributed by atoms with Crippen molar-refractivity contribution in [1.29, 1.82) is 0 Å². The number of carboxylic acids is 1. The van der Waals surface area contributed by atoms with Gasteiger partial charge in [0.25, 0.3) is 0 Å². The Kier molecular flexibility index (Phi) is 8.59. The third-order valence-electron chi connectivity index (χ3n) is 0.309. The van der Waals surface area contributed by atoms with Crippen LogP contribution in [0.25, 0.3) is 0 Å². The fourth-order valence-corrected chi connectivity index (χ4v) is 0.143. The Morgan fingerprint density at radius 1 is 1.86 bits per heavy atom. The van der Waals surface area contributed by atoms with Crippen LogP contribution in [0.5, 0.6) is 0 Å². The van der Waals surface area contributed by atoms with Crippen molar-refractivity contribution in [3.8, 4) is 0 Å². The van der Waals surface area contributed by atoms with Gasteiger partial charge in [-0.1, -0.05) is 6.08 Å². The average Bonchev–Trinajstić information content (AvgIpc) is 1.35. The van der Waals surface area contributed by atoms with Gasteiger partial charge in [0, 0.05) is 6.08 Å². The molecule has 0 unspecified atom stereocenters. The first-order chi connectivity index (χ1) is 2.77. The Bertz CT molecular complexity index is 84.6.